The van der Waals surface area contributed by atoms with Gasteiger partial charge in [-0.15, -0.1) is 0 Å². The summed E-state index contributed by atoms with van der Waals surface area (Å²) in [5.41, 5.74) is 10.1. The van der Waals surface area contributed by atoms with Gasteiger partial charge >= 0.3 is 0 Å². The van der Waals surface area contributed by atoms with E-state index in [4.69, 9.17) is 5.73 Å². The van der Waals surface area contributed by atoms with Crippen LogP contribution in [-0.4, -0.2) is 43.0 Å². The molecule has 3 aliphatic heterocycles. The molecule has 1 atom stereocenters. The predicted molar refractivity (Wildman–Crippen MR) is 80.0 cm³/mol. The summed E-state index contributed by atoms with van der Waals surface area (Å²) in [5, 5.41) is 2.92. The Kier molecular flexibility index (Phi) is 2.63. The zero-order valence-electron chi connectivity index (χ0n) is 11.6. The van der Waals surface area contributed by atoms with Crippen molar-refractivity contribution in [3.05, 3.63) is 17.7 Å². The predicted octanol–water partition coefficient (Wildman–Crippen LogP) is 1.05. The van der Waals surface area contributed by atoms with E-state index >= 15 is 0 Å². The number of anilines is 3. The second-order valence-electron chi connectivity index (χ2n) is 6.07. The molecule has 3 heterocycles. The minimum Gasteiger partial charge on any atom is -0.397 e. The number of nitrogens with zero attached hydrogens (tertiary/aromatic N) is 2. The van der Waals surface area contributed by atoms with Crippen molar-refractivity contribution in [3.8, 4) is 0 Å². The van der Waals surface area contributed by atoms with Gasteiger partial charge in [0.05, 0.1) is 17.8 Å². The summed E-state index contributed by atoms with van der Waals surface area (Å²) in [5.74, 6) is 0.0668. The Balaban J connectivity index is 1.62. The number of hydrogen-bond donors (Lipinski definition) is 2. The third-order valence-electron chi connectivity index (χ3n) is 4.81. The second-order valence-corrected chi connectivity index (χ2v) is 6.07. The zero-order chi connectivity index (χ0) is 13.7. The van der Waals surface area contributed by atoms with Crippen molar-refractivity contribution in [2.75, 3.05) is 42.1 Å². The van der Waals surface area contributed by atoms with Gasteiger partial charge in [-0.1, -0.05) is 0 Å². The maximum atomic E-state index is 11.5. The van der Waals surface area contributed by atoms with E-state index in [1.807, 2.05) is 6.07 Å². The maximum Gasteiger partial charge on any atom is 0.228 e. The Labute approximate surface area is 118 Å². The van der Waals surface area contributed by atoms with Crippen molar-refractivity contribution in [1.29, 1.82) is 0 Å². The first-order valence-electron chi connectivity index (χ1n) is 7.42. The summed E-state index contributed by atoms with van der Waals surface area (Å²) < 4.78 is 0. The van der Waals surface area contributed by atoms with Crippen molar-refractivity contribution in [2.24, 2.45) is 0 Å². The summed E-state index contributed by atoms with van der Waals surface area (Å²) in [6.07, 6.45) is 3.06. The SMILES string of the molecule is Nc1cc2c(cc1N1CCN3CCCC3C1)NC(=O)C2. The molecule has 4 rings (SSSR count). The molecule has 1 aromatic carbocycles. The minimum atomic E-state index is 0.0668. The molecule has 5 heteroatoms. The average molecular weight is 272 g/mol. The van der Waals surface area contributed by atoms with E-state index in [2.05, 4.69) is 21.2 Å². The number of carbonyl (C=O) groups excluding carboxylic acids is 1. The highest BCUT2D eigenvalue weighted by atomic mass is 16.1. The summed E-state index contributed by atoms with van der Waals surface area (Å²) >= 11 is 0. The fraction of sp³-hybridized carbons (Fsp3) is 0.533. The number of nitrogen functional groups attached to an aromatic ring is 1. The van der Waals surface area contributed by atoms with Crippen LogP contribution in [0.5, 0.6) is 0 Å². The second kappa shape index (κ2) is 4.38. The van der Waals surface area contributed by atoms with E-state index in [1.165, 1.54) is 19.4 Å². The van der Waals surface area contributed by atoms with Gasteiger partial charge in [0.25, 0.3) is 0 Å². The smallest absolute Gasteiger partial charge is 0.228 e. The standard InChI is InChI=1S/C15H20N4O/c16-12-6-10-7-15(20)17-13(10)8-14(12)19-5-4-18-3-1-2-11(18)9-19/h6,8,11H,1-5,7,9,16H2,(H,17,20). The van der Waals surface area contributed by atoms with Gasteiger partial charge in [0.1, 0.15) is 0 Å². The van der Waals surface area contributed by atoms with Crippen molar-refractivity contribution in [2.45, 2.75) is 25.3 Å². The van der Waals surface area contributed by atoms with Crippen LogP contribution < -0.4 is 16.0 Å². The number of nitrogens with two attached hydrogens (primary N) is 1. The normalized spacial score (nSPS) is 25.5. The van der Waals surface area contributed by atoms with E-state index in [9.17, 15) is 4.79 Å². The number of amides is 1. The number of benzene rings is 1. The van der Waals surface area contributed by atoms with Crippen molar-refractivity contribution < 1.29 is 4.79 Å². The number of fused-ring (bicyclic) bond motifs is 2. The van der Waals surface area contributed by atoms with Gasteiger partial charge in [-0.3, -0.25) is 9.69 Å². The van der Waals surface area contributed by atoms with Crippen molar-refractivity contribution >= 4 is 23.0 Å². The van der Waals surface area contributed by atoms with Gasteiger partial charge in [0.15, 0.2) is 0 Å². The zero-order valence-corrected chi connectivity index (χ0v) is 11.6. The van der Waals surface area contributed by atoms with Crippen LogP contribution in [0.4, 0.5) is 17.1 Å². The van der Waals surface area contributed by atoms with E-state index in [-0.39, 0.29) is 5.91 Å². The van der Waals surface area contributed by atoms with Crippen molar-refractivity contribution in [3.63, 3.8) is 0 Å². The number of piperazine rings is 1. The van der Waals surface area contributed by atoms with Gasteiger partial charge in [-0.05, 0) is 37.1 Å². The lowest BCUT2D eigenvalue weighted by Gasteiger charge is -2.39. The number of nitrogens with one attached hydrogen (secondary N) is 1. The molecule has 1 amide bonds. The van der Waals surface area contributed by atoms with E-state index in [1.54, 1.807) is 0 Å². The Morgan fingerprint density at radius 1 is 1.25 bits per heavy atom. The molecular weight excluding hydrogens is 252 g/mol. The molecule has 1 unspecified atom stereocenters. The lowest BCUT2D eigenvalue weighted by Crippen LogP contribution is -2.50. The molecule has 3 N–H and O–H groups in total. The molecule has 0 saturated carbocycles. The molecule has 0 aromatic heterocycles. The van der Waals surface area contributed by atoms with Crippen LogP contribution in [0.25, 0.3) is 0 Å². The van der Waals surface area contributed by atoms with E-state index < -0.39 is 0 Å². The largest absolute Gasteiger partial charge is 0.397 e. The van der Waals surface area contributed by atoms with Gasteiger partial charge in [0, 0.05) is 31.4 Å². The summed E-state index contributed by atoms with van der Waals surface area (Å²) in [4.78, 5) is 16.4. The van der Waals surface area contributed by atoms with Crippen molar-refractivity contribution in [1.82, 2.24) is 4.90 Å². The topological polar surface area (TPSA) is 61.6 Å². The molecule has 0 radical (unpaired) electrons. The molecule has 3 aliphatic rings. The molecule has 1 aromatic rings. The van der Waals surface area contributed by atoms with Crippen LogP contribution in [0, 0.1) is 0 Å². The van der Waals surface area contributed by atoms with E-state index in [0.29, 0.717) is 12.5 Å². The molecule has 20 heavy (non-hydrogen) atoms. The van der Waals surface area contributed by atoms with Gasteiger partial charge < -0.3 is 16.0 Å². The fourth-order valence-corrected chi connectivity index (χ4v) is 3.77. The summed E-state index contributed by atoms with van der Waals surface area (Å²) in [6.45, 7) is 4.44. The Morgan fingerprint density at radius 3 is 3.05 bits per heavy atom. The first-order chi connectivity index (χ1) is 9.70. The van der Waals surface area contributed by atoms with Crippen LogP contribution in [0.2, 0.25) is 0 Å². The summed E-state index contributed by atoms with van der Waals surface area (Å²) in [7, 11) is 0. The number of rotatable bonds is 1. The monoisotopic (exact) mass is 272 g/mol. The molecular formula is C15H20N4O. The van der Waals surface area contributed by atoms with Gasteiger partial charge in [-0.2, -0.15) is 0 Å². The summed E-state index contributed by atoms with van der Waals surface area (Å²) in [6, 6.07) is 4.69. The molecule has 2 fully saturated rings. The van der Waals surface area contributed by atoms with Crippen LogP contribution >= 0.6 is 0 Å². The Hall–Kier alpha value is -1.75. The van der Waals surface area contributed by atoms with Crippen LogP contribution in [0.1, 0.15) is 18.4 Å². The highest BCUT2D eigenvalue weighted by Crippen LogP contribution is 2.35. The minimum absolute atomic E-state index is 0.0668. The van der Waals surface area contributed by atoms with E-state index in [0.717, 1.165) is 42.3 Å². The molecule has 2 saturated heterocycles. The molecule has 0 bridgehead atoms. The molecule has 5 nitrogen and oxygen atoms in total. The third-order valence-corrected chi connectivity index (χ3v) is 4.81. The first-order valence-corrected chi connectivity index (χ1v) is 7.42. The molecule has 106 valence electrons. The lowest BCUT2D eigenvalue weighted by atomic mass is 10.1. The lowest BCUT2D eigenvalue weighted by molar-refractivity contribution is -0.115. The Bertz CT molecular complexity index is 571. The molecule has 0 spiro atoms. The number of hydrogen-bond acceptors (Lipinski definition) is 4. The first kappa shape index (κ1) is 12.0. The number of carbonyl (C=O) groups is 1. The Morgan fingerprint density at radius 2 is 2.15 bits per heavy atom. The average Bonchev–Trinajstić information content (AvgIpc) is 3.01. The molecule has 0 aliphatic carbocycles. The van der Waals surface area contributed by atoms with Gasteiger partial charge in [-0.25, -0.2) is 0 Å². The van der Waals surface area contributed by atoms with Crippen LogP contribution in [-0.2, 0) is 11.2 Å². The third kappa shape index (κ3) is 1.85. The maximum absolute atomic E-state index is 11.5. The van der Waals surface area contributed by atoms with Crippen LogP contribution in [0.15, 0.2) is 12.1 Å². The quantitative estimate of drug-likeness (QED) is 0.750. The van der Waals surface area contributed by atoms with Gasteiger partial charge in [0.2, 0.25) is 5.91 Å². The highest BCUT2D eigenvalue weighted by molar-refractivity contribution is 6.00. The highest BCUT2D eigenvalue weighted by Gasteiger charge is 2.31. The fourth-order valence-electron chi connectivity index (χ4n) is 3.77. The van der Waals surface area contributed by atoms with Crippen LogP contribution in [0.3, 0.4) is 0 Å².